The normalized spacial score (nSPS) is 17.3. The van der Waals surface area contributed by atoms with Crippen molar-refractivity contribution in [1.82, 2.24) is 15.3 Å². The van der Waals surface area contributed by atoms with E-state index in [2.05, 4.69) is 51.4 Å². The van der Waals surface area contributed by atoms with E-state index in [1.807, 2.05) is 13.0 Å². The standard InChI is InChI=1S/C25H27FN4O/c1-17-5-7-19(8-6-17)18(2)28-25(31)21-4-3-15-30(16-21)23-13-14-27-24(29-23)20-9-11-22(26)12-10-20/h5-14,18,21H,3-4,15-16H2,1-2H3,(H,28,31)/t18-,21-/m0/s1. The monoisotopic (exact) mass is 418 g/mol. The van der Waals surface area contributed by atoms with Gasteiger partial charge in [-0.1, -0.05) is 29.8 Å². The fourth-order valence-corrected chi connectivity index (χ4v) is 3.93. The Bertz CT molecular complexity index is 1040. The molecule has 31 heavy (non-hydrogen) atoms. The summed E-state index contributed by atoms with van der Waals surface area (Å²) in [5.74, 6) is 1.04. The summed E-state index contributed by atoms with van der Waals surface area (Å²) in [4.78, 5) is 24.1. The van der Waals surface area contributed by atoms with Crippen LogP contribution in [0.4, 0.5) is 10.2 Å². The smallest absolute Gasteiger partial charge is 0.225 e. The average molecular weight is 419 g/mol. The Morgan fingerprint density at radius 2 is 1.87 bits per heavy atom. The van der Waals surface area contributed by atoms with E-state index < -0.39 is 0 Å². The number of hydrogen-bond donors (Lipinski definition) is 1. The minimum absolute atomic E-state index is 0.0346. The zero-order chi connectivity index (χ0) is 21.8. The lowest BCUT2D eigenvalue weighted by Gasteiger charge is -2.33. The molecule has 1 amide bonds. The van der Waals surface area contributed by atoms with E-state index >= 15 is 0 Å². The number of halogens is 1. The van der Waals surface area contributed by atoms with E-state index in [0.717, 1.165) is 36.3 Å². The number of aryl methyl sites for hydroxylation is 1. The van der Waals surface area contributed by atoms with Gasteiger partial charge in [0.1, 0.15) is 11.6 Å². The molecule has 160 valence electrons. The average Bonchev–Trinajstić information content (AvgIpc) is 2.80. The van der Waals surface area contributed by atoms with Gasteiger partial charge in [0, 0.05) is 24.8 Å². The van der Waals surface area contributed by atoms with Gasteiger partial charge in [0.25, 0.3) is 0 Å². The minimum Gasteiger partial charge on any atom is -0.356 e. The summed E-state index contributed by atoms with van der Waals surface area (Å²) in [6.45, 7) is 5.53. The molecule has 1 fully saturated rings. The van der Waals surface area contributed by atoms with Gasteiger partial charge < -0.3 is 10.2 Å². The van der Waals surface area contributed by atoms with E-state index in [-0.39, 0.29) is 23.7 Å². The van der Waals surface area contributed by atoms with Gasteiger partial charge in [-0.05, 0) is 62.6 Å². The van der Waals surface area contributed by atoms with E-state index in [0.29, 0.717) is 12.4 Å². The summed E-state index contributed by atoms with van der Waals surface area (Å²) in [6, 6.07) is 16.2. The molecule has 0 spiro atoms. The molecule has 6 heteroatoms. The van der Waals surface area contributed by atoms with Crippen LogP contribution in [-0.4, -0.2) is 29.0 Å². The zero-order valence-corrected chi connectivity index (χ0v) is 17.9. The Balaban J connectivity index is 1.43. The summed E-state index contributed by atoms with van der Waals surface area (Å²) >= 11 is 0. The molecule has 2 atom stereocenters. The summed E-state index contributed by atoms with van der Waals surface area (Å²) in [6.07, 6.45) is 3.50. The topological polar surface area (TPSA) is 58.1 Å². The van der Waals surface area contributed by atoms with E-state index in [1.165, 1.54) is 17.7 Å². The molecule has 2 aromatic carbocycles. The number of piperidine rings is 1. The molecule has 0 saturated carbocycles. The lowest BCUT2D eigenvalue weighted by Crippen LogP contribution is -2.44. The van der Waals surface area contributed by atoms with Gasteiger partial charge in [-0.3, -0.25) is 4.79 Å². The highest BCUT2D eigenvalue weighted by atomic mass is 19.1. The maximum absolute atomic E-state index is 13.2. The van der Waals surface area contributed by atoms with Gasteiger partial charge in [0.15, 0.2) is 5.82 Å². The molecule has 1 aliphatic rings. The molecule has 1 N–H and O–H groups in total. The van der Waals surface area contributed by atoms with Crippen molar-refractivity contribution in [2.24, 2.45) is 5.92 Å². The fraction of sp³-hybridized carbons (Fsp3) is 0.320. The number of hydrogen-bond acceptors (Lipinski definition) is 4. The molecule has 2 heterocycles. The van der Waals surface area contributed by atoms with Crippen LogP contribution in [0.3, 0.4) is 0 Å². The van der Waals surface area contributed by atoms with Gasteiger partial charge in [0.05, 0.1) is 12.0 Å². The Morgan fingerprint density at radius 1 is 1.13 bits per heavy atom. The highest BCUT2D eigenvalue weighted by molar-refractivity contribution is 5.80. The van der Waals surface area contributed by atoms with Crippen LogP contribution in [0.2, 0.25) is 0 Å². The van der Waals surface area contributed by atoms with Crippen LogP contribution >= 0.6 is 0 Å². The van der Waals surface area contributed by atoms with Gasteiger partial charge >= 0.3 is 0 Å². The highest BCUT2D eigenvalue weighted by Crippen LogP contribution is 2.25. The first kappa shape index (κ1) is 21.0. The first-order chi connectivity index (χ1) is 15.0. The van der Waals surface area contributed by atoms with Crippen molar-refractivity contribution < 1.29 is 9.18 Å². The van der Waals surface area contributed by atoms with Crippen molar-refractivity contribution in [1.29, 1.82) is 0 Å². The van der Waals surface area contributed by atoms with Crippen LogP contribution in [-0.2, 0) is 4.79 Å². The van der Waals surface area contributed by atoms with Crippen molar-refractivity contribution in [2.45, 2.75) is 32.7 Å². The predicted octanol–water partition coefficient (Wildman–Crippen LogP) is 4.68. The van der Waals surface area contributed by atoms with Gasteiger partial charge in [0.2, 0.25) is 5.91 Å². The van der Waals surface area contributed by atoms with Crippen molar-refractivity contribution in [2.75, 3.05) is 18.0 Å². The molecule has 0 bridgehead atoms. The summed E-state index contributed by atoms with van der Waals surface area (Å²) in [5.41, 5.74) is 3.07. The van der Waals surface area contributed by atoms with Crippen molar-refractivity contribution in [3.05, 3.63) is 77.7 Å². The lowest BCUT2D eigenvalue weighted by molar-refractivity contribution is -0.125. The van der Waals surface area contributed by atoms with Gasteiger partial charge in [-0.15, -0.1) is 0 Å². The second-order valence-corrected chi connectivity index (χ2v) is 8.17. The third-order valence-electron chi connectivity index (χ3n) is 5.80. The van der Waals surface area contributed by atoms with Crippen LogP contribution in [0.5, 0.6) is 0 Å². The Morgan fingerprint density at radius 3 is 2.61 bits per heavy atom. The van der Waals surface area contributed by atoms with Crippen LogP contribution in [0.15, 0.2) is 60.8 Å². The number of aromatic nitrogens is 2. The van der Waals surface area contributed by atoms with E-state index in [9.17, 15) is 9.18 Å². The maximum Gasteiger partial charge on any atom is 0.225 e. The van der Waals surface area contributed by atoms with E-state index in [4.69, 9.17) is 0 Å². The number of nitrogens with one attached hydrogen (secondary N) is 1. The van der Waals surface area contributed by atoms with Crippen molar-refractivity contribution in [3.63, 3.8) is 0 Å². The molecular weight excluding hydrogens is 391 g/mol. The van der Waals surface area contributed by atoms with Crippen molar-refractivity contribution in [3.8, 4) is 11.4 Å². The summed E-state index contributed by atoms with van der Waals surface area (Å²) < 4.78 is 13.2. The van der Waals surface area contributed by atoms with Gasteiger partial charge in [-0.2, -0.15) is 0 Å². The number of carbonyl (C=O) groups excluding carboxylic acids is 1. The third-order valence-corrected chi connectivity index (χ3v) is 5.80. The van der Waals surface area contributed by atoms with Crippen LogP contribution < -0.4 is 10.2 Å². The summed E-state index contributed by atoms with van der Waals surface area (Å²) in [7, 11) is 0. The Hall–Kier alpha value is -3.28. The summed E-state index contributed by atoms with van der Waals surface area (Å²) in [5, 5.41) is 3.17. The maximum atomic E-state index is 13.2. The molecular formula is C25H27FN4O. The minimum atomic E-state index is -0.287. The van der Waals surface area contributed by atoms with Crippen molar-refractivity contribution >= 4 is 11.7 Å². The van der Waals surface area contributed by atoms with Crippen LogP contribution in [0, 0.1) is 18.7 Å². The molecule has 0 radical (unpaired) electrons. The first-order valence-electron chi connectivity index (χ1n) is 10.7. The second-order valence-electron chi connectivity index (χ2n) is 8.17. The molecule has 3 aromatic rings. The molecule has 0 unspecified atom stereocenters. The number of carbonyl (C=O) groups is 1. The Kier molecular flexibility index (Phi) is 6.26. The SMILES string of the molecule is Cc1ccc([C@H](C)NC(=O)[C@H]2CCCN(c3ccnc(-c4ccc(F)cc4)n3)C2)cc1. The highest BCUT2D eigenvalue weighted by Gasteiger charge is 2.27. The fourth-order valence-electron chi connectivity index (χ4n) is 3.93. The lowest BCUT2D eigenvalue weighted by atomic mass is 9.96. The number of rotatable bonds is 5. The molecule has 1 saturated heterocycles. The third kappa shape index (κ3) is 5.08. The van der Waals surface area contributed by atoms with E-state index in [1.54, 1.807) is 18.3 Å². The van der Waals surface area contributed by atoms with Gasteiger partial charge in [-0.25, -0.2) is 14.4 Å². The first-order valence-corrected chi connectivity index (χ1v) is 10.7. The molecule has 1 aliphatic heterocycles. The molecule has 5 nitrogen and oxygen atoms in total. The zero-order valence-electron chi connectivity index (χ0n) is 17.9. The number of anilines is 1. The van der Waals surface area contributed by atoms with Crippen LogP contribution in [0.25, 0.3) is 11.4 Å². The molecule has 4 rings (SSSR count). The number of amides is 1. The number of benzene rings is 2. The largest absolute Gasteiger partial charge is 0.356 e. The quantitative estimate of drug-likeness (QED) is 0.653. The molecule has 1 aromatic heterocycles. The predicted molar refractivity (Wildman–Crippen MR) is 120 cm³/mol. The second kappa shape index (κ2) is 9.25. The van der Waals surface area contributed by atoms with Crippen LogP contribution in [0.1, 0.15) is 36.9 Å². The number of nitrogens with zero attached hydrogens (tertiary/aromatic N) is 3. The Labute approximate surface area is 182 Å². The molecule has 0 aliphatic carbocycles.